The van der Waals surface area contributed by atoms with Gasteiger partial charge in [-0.2, -0.15) is 0 Å². The van der Waals surface area contributed by atoms with Gasteiger partial charge in [0.25, 0.3) is 0 Å². The molecule has 3 aromatic rings. The molecule has 7 heteroatoms. The summed E-state index contributed by atoms with van der Waals surface area (Å²) in [5.74, 6) is 8.23. The van der Waals surface area contributed by atoms with Crippen LogP contribution in [0.2, 0.25) is 0 Å². The summed E-state index contributed by atoms with van der Waals surface area (Å²) in [6.45, 7) is 19.8. The lowest BCUT2D eigenvalue weighted by molar-refractivity contribution is -0.0980. The number of carbonyl (C=O) groups is 1. The Bertz CT molecular complexity index is 1040. The summed E-state index contributed by atoms with van der Waals surface area (Å²) in [5.41, 5.74) is 13.2. The molecule has 1 aromatic carbocycles. The van der Waals surface area contributed by atoms with Crippen molar-refractivity contribution < 1.29 is 14.1 Å². The zero-order valence-electron chi connectivity index (χ0n) is 26.0. The normalized spacial score (nSPS) is 9.40. The third kappa shape index (κ3) is 20.2. The first-order valence-corrected chi connectivity index (χ1v) is 14.1. The van der Waals surface area contributed by atoms with Gasteiger partial charge in [0.15, 0.2) is 5.82 Å². The highest BCUT2D eigenvalue weighted by Crippen LogP contribution is 2.22. The van der Waals surface area contributed by atoms with Gasteiger partial charge in [0.1, 0.15) is 24.0 Å². The van der Waals surface area contributed by atoms with Crippen molar-refractivity contribution in [3.05, 3.63) is 65.7 Å². The highest BCUT2D eigenvalue weighted by Gasteiger charge is 2.18. The highest BCUT2D eigenvalue weighted by atomic mass is 16.5. The zero-order chi connectivity index (χ0) is 30.8. The summed E-state index contributed by atoms with van der Waals surface area (Å²) >= 11 is 0. The number of pyridine rings is 1. The van der Waals surface area contributed by atoms with Crippen molar-refractivity contribution in [1.29, 1.82) is 0 Å². The molecule has 0 aliphatic rings. The third-order valence-electron chi connectivity index (χ3n) is 5.01. The van der Waals surface area contributed by atoms with Crippen LogP contribution in [0, 0.1) is 11.8 Å². The maximum atomic E-state index is 8.00. The Hall–Kier alpha value is -3.79. The summed E-state index contributed by atoms with van der Waals surface area (Å²) in [6.07, 6.45) is 9.09. The van der Waals surface area contributed by atoms with Gasteiger partial charge in [-0.3, -0.25) is 0 Å². The molecule has 0 aliphatic carbocycles. The molecule has 0 spiro atoms. The maximum absolute atomic E-state index is 8.00. The lowest BCUT2D eigenvalue weighted by atomic mass is 9.93. The first-order chi connectivity index (χ1) is 19.1. The molecule has 0 aliphatic heterocycles. The van der Waals surface area contributed by atoms with Gasteiger partial charge >= 0.3 is 0 Å². The minimum atomic E-state index is 0.00458. The second kappa shape index (κ2) is 24.3. The summed E-state index contributed by atoms with van der Waals surface area (Å²) in [6, 6.07) is 13.1. The molecule has 0 atom stereocenters. The summed E-state index contributed by atoms with van der Waals surface area (Å²) < 4.78 is 10.6. The molecular weight excluding hydrogens is 500 g/mol. The second-order valence-electron chi connectivity index (χ2n) is 9.82. The lowest BCUT2D eigenvalue weighted by Crippen LogP contribution is -2.09. The molecule has 0 radical (unpaired) electrons. The van der Waals surface area contributed by atoms with Crippen LogP contribution in [0.5, 0.6) is 5.75 Å². The van der Waals surface area contributed by atoms with Crippen LogP contribution in [0.3, 0.4) is 0 Å². The van der Waals surface area contributed by atoms with Gasteiger partial charge in [-0.1, -0.05) is 98.6 Å². The minimum Gasteiger partial charge on any atom is -0.494 e. The molecule has 2 heterocycles. The van der Waals surface area contributed by atoms with E-state index in [0.29, 0.717) is 17.2 Å². The lowest BCUT2D eigenvalue weighted by Gasteiger charge is -2.11. The maximum Gasteiger partial charge on any atom is 0.167 e. The van der Waals surface area contributed by atoms with E-state index in [1.54, 1.807) is 18.3 Å². The van der Waals surface area contributed by atoms with Crippen molar-refractivity contribution in [2.75, 3.05) is 18.1 Å². The summed E-state index contributed by atoms with van der Waals surface area (Å²) in [4.78, 5) is 12.1. The number of unbranched alkanes of at least 4 members (excludes halogenated alkanes) is 3. The van der Waals surface area contributed by atoms with Gasteiger partial charge in [0.2, 0.25) is 0 Å². The van der Waals surface area contributed by atoms with Gasteiger partial charge in [0.05, 0.1) is 18.5 Å². The number of benzene rings is 1. The molecule has 7 nitrogen and oxygen atoms in total. The molecule has 0 saturated carbocycles. The topological polar surface area (TPSA) is 117 Å². The first kappa shape index (κ1) is 38.4. The molecule has 0 saturated heterocycles. The van der Waals surface area contributed by atoms with Crippen LogP contribution in [-0.2, 0) is 10.2 Å². The average molecular weight is 553 g/mol. The third-order valence-corrected chi connectivity index (χ3v) is 5.01. The Morgan fingerprint density at radius 3 is 1.80 bits per heavy atom. The number of aromatic nitrogens is 2. The molecule has 3 rings (SSSR count). The molecule has 40 heavy (non-hydrogen) atoms. The van der Waals surface area contributed by atoms with E-state index in [1.165, 1.54) is 25.7 Å². The number of hydrogen-bond donors (Lipinski definition) is 2. The molecule has 0 bridgehead atoms. The quantitative estimate of drug-likeness (QED) is 0.234. The Morgan fingerprint density at radius 1 is 0.850 bits per heavy atom. The Morgan fingerprint density at radius 2 is 1.43 bits per heavy atom. The molecule has 2 aromatic heterocycles. The fourth-order valence-corrected chi connectivity index (χ4v) is 2.23. The van der Waals surface area contributed by atoms with Gasteiger partial charge in [-0.05, 0) is 48.7 Å². The van der Waals surface area contributed by atoms with Crippen LogP contribution in [0.1, 0.15) is 111 Å². The van der Waals surface area contributed by atoms with Crippen molar-refractivity contribution in [3.8, 4) is 17.6 Å². The largest absolute Gasteiger partial charge is 0.494 e. The minimum absolute atomic E-state index is 0.00458. The number of nitrogen functional groups attached to an aromatic ring is 2. The zero-order valence-corrected chi connectivity index (χ0v) is 26.0. The van der Waals surface area contributed by atoms with Gasteiger partial charge in [-0.25, -0.2) is 4.98 Å². The standard InChI is InChI=1S/C17H18N2O.C7H12N2O.2C4H10.CH2O/c1-2-3-12-20-17-10-5-14(6-11-17)4-8-16-9-7-15(18)13-19-16;1-7(2,3)5-4-6(8)9-10-5;2*1-3-4-2;1-2/h5-7,9-11,13H,2-3,12,18H2,1H3;4H,1-3H3,(H2,8,9);2*3-4H2,1-2H3;1H2. The van der Waals surface area contributed by atoms with E-state index >= 15 is 0 Å². The van der Waals surface area contributed by atoms with E-state index in [9.17, 15) is 0 Å². The molecule has 0 unspecified atom stereocenters. The van der Waals surface area contributed by atoms with Crippen LogP contribution < -0.4 is 16.2 Å². The van der Waals surface area contributed by atoms with E-state index in [4.69, 9.17) is 25.5 Å². The number of rotatable bonds is 6. The molecule has 4 N–H and O–H groups in total. The average Bonchev–Trinajstić information content (AvgIpc) is 3.42. The molecule has 222 valence electrons. The van der Waals surface area contributed by atoms with Crippen LogP contribution in [0.4, 0.5) is 11.5 Å². The monoisotopic (exact) mass is 552 g/mol. The fraction of sp³-hybridized carbons (Fsp3) is 0.485. The van der Waals surface area contributed by atoms with Crippen LogP contribution in [0.25, 0.3) is 0 Å². The molecular formula is C33H52N4O3. The highest BCUT2D eigenvalue weighted by molar-refractivity contribution is 5.44. The van der Waals surface area contributed by atoms with Crippen molar-refractivity contribution in [1.82, 2.24) is 10.1 Å². The summed E-state index contributed by atoms with van der Waals surface area (Å²) in [5, 5.41) is 3.59. The predicted molar refractivity (Wildman–Crippen MR) is 169 cm³/mol. The Labute approximate surface area is 243 Å². The number of nitrogens with two attached hydrogens (primary N) is 2. The predicted octanol–water partition coefficient (Wildman–Crippen LogP) is 8.22. The van der Waals surface area contributed by atoms with E-state index < -0.39 is 0 Å². The van der Waals surface area contributed by atoms with Crippen molar-refractivity contribution in [2.45, 2.75) is 99.3 Å². The van der Waals surface area contributed by atoms with Gasteiger partial charge in [-0.15, -0.1) is 0 Å². The van der Waals surface area contributed by atoms with E-state index in [1.807, 2.05) is 57.9 Å². The number of hydrogen-bond acceptors (Lipinski definition) is 7. The van der Waals surface area contributed by atoms with Gasteiger partial charge in [0, 0.05) is 17.0 Å². The van der Waals surface area contributed by atoms with Crippen LogP contribution in [0.15, 0.2) is 53.2 Å². The van der Waals surface area contributed by atoms with Crippen molar-refractivity contribution in [3.63, 3.8) is 0 Å². The smallest absolute Gasteiger partial charge is 0.167 e. The fourth-order valence-electron chi connectivity index (χ4n) is 2.23. The van der Waals surface area contributed by atoms with E-state index in [-0.39, 0.29) is 5.41 Å². The Balaban J connectivity index is 0. The Kier molecular flexibility index (Phi) is 23.3. The van der Waals surface area contributed by atoms with Crippen molar-refractivity contribution >= 4 is 18.3 Å². The number of ether oxygens (including phenoxy) is 1. The summed E-state index contributed by atoms with van der Waals surface area (Å²) in [7, 11) is 0. The van der Waals surface area contributed by atoms with Crippen LogP contribution >= 0.6 is 0 Å². The van der Waals surface area contributed by atoms with Crippen molar-refractivity contribution in [2.24, 2.45) is 0 Å². The first-order valence-electron chi connectivity index (χ1n) is 14.1. The molecule has 0 amide bonds. The molecule has 0 fully saturated rings. The number of anilines is 2. The SMILES string of the molecule is C=O.CC(C)(C)c1cc(N)no1.CCCC.CCCC.CCCCOc1ccc(C#Cc2ccc(N)cn2)cc1. The number of carbonyl (C=O) groups excluding carboxylic acids is 1. The van der Waals surface area contributed by atoms with Gasteiger partial charge < -0.3 is 25.5 Å². The van der Waals surface area contributed by atoms with E-state index in [2.05, 4.69) is 56.6 Å². The number of nitrogens with zero attached hydrogens (tertiary/aromatic N) is 2. The second-order valence-corrected chi connectivity index (χ2v) is 9.82. The van der Waals surface area contributed by atoms with E-state index in [0.717, 1.165) is 36.5 Å². The van der Waals surface area contributed by atoms with Crippen LogP contribution in [-0.4, -0.2) is 23.5 Å².